The van der Waals surface area contributed by atoms with Gasteiger partial charge in [-0.15, -0.1) is 0 Å². The number of hydrogen-bond acceptors (Lipinski definition) is 3. The predicted octanol–water partition coefficient (Wildman–Crippen LogP) is 2.50. The Labute approximate surface area is 96.5 Å². The predicted molar refractivity (Wildman–Crippen MR) is 63.8 cm³/mol. The van der Waals surface area contributed by atoms with Crippen LogP contribution in [0.3, 0.4) is 0 Å². The lowest BCUT2D eigenvalue weighted by molar-refractivity contribution is 0.114. The van der Waals surface area contributed by atoms with E-state index < -0.39 is 0 Å². The van der Waals surface area contributed by atoms with E-state index in [4.69, 9.17) is 15.2 Å². The zero-order valence-electron chi connectivity index (χ0n) is 10.1. The Hall–Kier alpha value is -1.22. The first-order valence-electron chi connectivity index (χ1n) is 5.72. The highest BCUT2D eigenvalue weighted by Gasteiger charge is 2.28. The maximum absolute atomic E-state index is 6.15. The van der Waals surface area contributed by atoms with E-state index >= 15 is 0 Å². The van der Waals surface area contributed by atoms with Crippen LogP contribution in [0.2, 0.25) is 0 Å². The van der Waals surface area contributed by atoms with Crippen LogP contribution in [0.15, 0.2) is 18.2 Å². The SMILES string of the molecule is COc1ccc2c(c1)OC(C(C)C)CC2N. The van der Waals surface area contributed by atoms with E-state index in [1.807, 2.05) is 18.2 Å². The van der Waals surface area contributed by atoms with Crippen LogP contribution in [0.5, 0.6) is 11.5 Å². The monoisotopic (exact) mass is 221 g/mol. The van der Waals surface area contributed by atoms with Crippen molar-refractivity contribution >= 4 is 0 Å². The molecule has 1 aliphatic rings. The third-order valence-electron chi connectivity index (χ3n) is 3.13. The molecule has 3 heteroatoms. The number of hydrogen-bond donors (Lipinski definition) is 1. The van der Waals surface area contributed by atoms with Crippen LogP contribution in [0.1, 0.15) is 31.9 Å². The molecule has 1 heterocycles. The number of methoxy groups -OCH3 is 1. The minimum Gasteiger partial charge on any atom is -0.497 e. The molecule has 2 rings (SSSR count). The molecule has 88 valence electrons. The molecular formula is C13H19NO2. The molecule has 1 aliphatic heterocycles. The molecule has 0 saturated carbocycles. The fraction of sp³-hybridized carbons (Fsp3) is 0.538. The molecule has 2 N–H and O–H groups in total. The topological polar surface area (TPSA) is 44.5 Å². The lowest BCUT2D eigenvalue weighted by atomic mass is 9.92. The smallest absolute Gasteiger partial charge is 0.128 e. The van der Waals surface area contributed by atoms with Crippen molar-refractivity contribution in [1.82, 2.24) is 0 Å². The van der Waals surface area contributed by atoms with Crippen molar-refractivity contribution in [2.75, 3.05) is 7.11 Å². The van der Waals surface area contributed by atoms with Crippen molar-refractivity contribution in [2.45, 2.75) is 32.4 Å². The van der Waals surface area contributed by atoms with E-state index in [2.05, 4.69) is 13.8 Å². The molecule has 3 nitrogen and oxygen atoms in total. The van der Waals surface area contributed by atoms with E-state index in [9.17, 15) is 0 Å². The van der Waals surface area contributed by atoms with E-state index in [-0.39, 0.29) is 12.1 Å². The van der Waals surface area contributed by atoms with Gasteiger partial charge in [0, 0.05) is 24.1 Å². The molecule has 0 aliphatic carbocycles. The van der Waals surface area contributed by atoms with Crippen LogP contribution in [-0.4, -0.2) is 13.2 Å². The van der Waals surface area contributed by atoms with Gasteiger partial charge in [-0.25, -0.2) is 0 Å². The Morgan fingerprint density at radius 3 is 2.81 bits per heavy atom. The molecule has 0 spiro atoms. The lowest BCUT2D eigenvalue weighted by Crippen LogP contribution is -2.33. The summed E-state index contributed by atoms with van der Waals surface area (Å²) in [5.74, 6) is 2.16. The fourth-order valence-corrected chi connectivity index (χ4v) is 2.05. The fourth-order valence-electron chi connectivity index (χ4n) is 2.05. The first-order valence-corrected chi connectivity index (χ1v) is 5.72. The molecular weight excluding hydrogens is 202 g/mol. The van der Waals surface area contributed by atoms with E-state index in [0.717, 1.165) is 23.5 Å². The van der Waals surface area contributed by atoms with Crippen LogP contribution in [0.4, 0.5) is 0 Å². The Balaban J connectivity index is 2.31. The number of ether oxygens (including phenoxy) is 2. The van der Waals surface area contributed by atoms with E-state index in [1.165, 1.54) is 0 Å². The van der Waals surface area contributed by atoms with Gasteiger partial charge in [0.15, 0.2) is 0 Å². The highest BCUT2D eigenvalue weighted by molar-refractivity contribution is 5.43. The third kappa shape index (κ3) is 2.00. The van der Waals surface area contributed by atoms with Crippen LogP contribution in [0.25, 0.3) is 0 Å². The molecule has 1 aromatic carbocycles. The summed E-state index contributed by atoms with van der Waals surface area (Å²) in [5.41, 5.74) is 7.23. The number of rotatable bonds is 2. The van der Waals surface area contributed by atoms with Crippen molar-refractivity contribution in [3.8, 4) is 11.5 Å². The summed E-state index contributed by atoms with van der Waals surface area (Å²) >= 11 is 0. The Morgan fingerprint density at radius 1 is 1.44 bits per heavy atom. The largest absolute Gasteiger partial charge is 0.497 e. The van der Waals surface area contributed by atoms with Gasteiger partial charge in [0.05, 0.1) is 7.11 Å². The zero-order chi connectivity index (χ0) is 11.7. The van der Waals surface area contributed by atoms with Crippen LogP contribution >= 0.6 is 0 Å². The molecule has 0 fully saturated rings. The first-order chi connectivity index (χ1) is 7.61. The van der Waals surface area contributed by atoms with Gasteiger partial charge >= 0.3 is 0 Å². The summed E-state index contributed by atoms with van der Waals surface area (Å²) in [6.45, 7) is 4.31. The Kier molecular flexibility index (Phi) is 3.06. The zero-order valence-corrected chi connectivity index (χ0v) is 10.1. The van der Waals surface area contributed by atoms with Crippen molar-refractivity contribution in [3.63, 3.8) is 0 Å². The Morgan fingerprint density at radius 2 is 2.19 bits per heavy atom. The van der Waals surface area contributed by atoms with E-state index in [0.29, 0.717) is 5.92 Å². The highest BCUT2D eigenvalue weighted by atomic mass is 16.5. The second-order valence-corrected chi connectivity index (χ2v) is 4.65. The lowest BCUT2D eigenvalue weighted by Gasteiger charge is -2.32. The molecule has 0 radical (unpaired) electrons. The van der Waals surface area contributed by atoms with Crippen molar-refractivity contribution in [3.05, 3.63) is 23.8 Å². The maximum atomic E-state index is 6.15. The molecule has 2 atom stereocenters. The number of nitrogens with two attached hydrogens (primary N) is 1. The van der Waals surface area contributed by atoms with Gasteiger partial charge in [0.2, 0.25) is 0 Å². The summed E-state index contributed by atoms with van der Waals surface area (Å²) in [5, 5.41) is 0. The van der Waals surface area contributed by atoms with Crippen LogP contribution < -0.4 is 15.2 Å². The molecule has 0 amide bonds. The van der Waals surface area contributed by atoms with Gasteiger partial charge in [-0.05, 0) is 12.0 Å². The molecule has 0 saturated heterocycles. The molecule has 0 bridgehead atoms. The summed E-state index contributed by atoms with van der Waals surface area (Å²) in [7, 11) is 1.66. The molecule has 2 unspecified atom stereocenters. The normalized spacial score (nSPS) is 23.8. The average Bonchev–Trinajstić information content (AvgIpc) is 2.28. The van der Waals surface area contributed by atoms with E-state index in [1.54, 1.807) is 7.11 Å². The number of fused-ring (bicyclic) bond motifs is 1. The maximum Gasteiger partial charge on any atom is 0.128 e. The second kappa shape index (κ2) is 4.34. The van der Waals surface area contributed by atoms with Gasteiger partial charge in [-0.2, -0.15) is 0 Å². The second-order valence-electron chi connectivity index (χ2n) is 4.65. The average molecular weight is 221 g/mol. The standard InChI is InChI=1S/C13H19NO2/c1-8(2)12-7-11(14)10-5-4-9(15-3)6-13(10)16-12/h4-6,8,11-12H,7,14H2,1-3H3. The van der Waals surface area contributed by atoms with Crippen molar-refractivity contribution in [1.29, 1.82) is 0 Å². The minimum atomic E-state index is 0.0713. The summed E-state index contributed by atoms with van der Waals surface area (Å²) < 4.78 is 11.1. The van der Waals surface area contributed by atoms with Gasteiger partial charge in [-0.3, -0.25) is 0 Å². The van der Waals surface area contributed by atoms with Crippen LogP contribution in [0, 0.1) is 5.92 Å². The van der Waals surface area contributed by atoms with Crippen LogP contribution in [-0.2, 0) is 0 Å². The molecule has 1 aromatic rings. The van der Waals surface area contributed by atoms with Gasteiger partial charge in [-0.1, -0.05) is 19.9 Å². The molecule has 16 heavy (non-hydrogen) atoms. The van der Waals surface area contributed by atoms with Crippen molar-refractivity contribution < 1.29 is 9.47 Å². The van der Waals surface area contributed by atoms with Crippen molar-refractivity contribution in [2.24, 2.45) is 11.7 Å². The highest BCUT2D eigenvalue weighted by Crippen LogP contribution is 2.37. The van der Waals surface area contributed by atoms with Gasteiger partial charge < -0.3 is 15.2 Å². The number of benzene rings is 1. The van der Waals surface area contributed by atoms with Gasteiger partial charge in [0.25, 0.3) is 0 Å². The summed E-state index contributed by atoms with van der Waals surface area (Å²) in [6, 6.07) is 5.92. The third-order valence-corrected chi connectivity index (χ3v) is 3.13. The Bertz CT molecular complexity index is 376. The van der Waals surface area contributed by atoms with Gasteiger partial charge in [0.1, 0.15) is 17.6 Å². The minimum absolute atomic E-state index is 0.0713. The summed E-state index contributed by atoms with van der Waals surface area (Å²) in [4.78, 5) is 0. The summed E-state index contributed by atoms with van der Waals surface area (Å²) in [6.07, 6.45) is 1.09. The quantitative estimate of drug-likeness (QED) is 0.834. The first kappa shape index (κ1) is 11.3. The molecule has 0 aromatic heterocycles.